The molecule has 47 heavy (non-hydrogen) atoms. The fraction of sp³-hybridized carbons (Fsp3) is 0.892. The summed E-state index contributed by atoms with van der Waals surface area (Å²) in [6, 6.07) is 0. The predicted molar refractivity (Wildman–Crippen MR) is 183 cm³/mol. The largest absolute Gasteiger partial charge is 0.462 e. The fourth-order valence-corrected chi connectivity index (χ4v) is 5.58. The molecule has 0 aromatic heterocycles. The number of hydrogen-bond donors (Lipinski definition) is 4. The Bertz CT molecular complexity index is 789. The van der Waals surface area contributed by atoms with E-state index in [1.54, 1.807) is 0 Å². The van der Waals surface area contributed by atoms with Gasteiger partial charge in [0, 0.05) is 12.8 Å². The van der Waals surface area contributed by atoms with Crippen molar-refractivity contribution in [2.75, 3.05) is 19.8 Å². The molecule has 6 unspecified atom stereocenters. The van der Waals surface area contributed by atoms with Gasteiger partial charge in [0.2, 0.25) is 0 Å². The van der Waals surface area contributed by atoms with Crippen molar-refractivity contribution in [3.63, 3.8) is 0 Å². The van der Waals surface area contributed by atoms with Crippen molar-refractivity contribution in [2.45, 2.75) is 192 Å². The summed E-state index contributed by atoms with van der Waals surface area (Å²) < 4.78 is 22.0. The fourth-order valence-electron chi connectivity index (χ4n) is 5.58. The molecule has 0 bridgehead atoms. The standard InChI is InChI=1S/C37H68O10/c1-3-5-7-9-11-13-15-17-19-21-23-25-32(39)44-28-30(29-45-37-36(43)35(42)34(41)31(27-38)47-37)46-33(40)26-24-22-20-18-16-14-12-10-8-6-4-2/h10,12,30-31,34-38,41-43H,3-9,11,13-29H2,1-2H3/b12-10-. The van der Waals surface area contributed by atoms with Crippen LogP contribution in [0.3, 0.4) is 0 Å². The second-order valence-corrected chi connectivity index (χ2v) is 13.0. The average Bonchev–Trinajstić information content (AvgIpc) is 3.06. The second-order valence-electron chi connectivity index (χ2n) is 13.0. The van der Waals surface area contributed by atoms with Gasteiger partial charge in [-0.2, -0.15) is 0 Å². The lowest BCUT2D eigenvalue weighted by Crippen LogP contribution is -2.59. The molecule has 0 aromatic carbocycles. The van der Waals surface area contributed by atoms with Crippen LogP contribution in [-0.2, 0) is 28.5 Å². The molecule has 1 heterocycles. The maximum Gasteiger partial charge on any atom is 0.306 e. The molecule has 0 aliphatic carbocycles. The van der Waals surface area contributed by atoms with E-state index in [1.807, 2.05) is 0 Å². The minimum atomic E-state index is -1.59. The van der Waals surface area contributed by atoms with Crippen molar-refractivity contribution >= 4 is 11.9 Å². The van der Waals surface area contributed by atoms with Crippen molar-refractivity contribution in [1.29, 1.82) is 0 Å². The maximum absolute atomic E-state index is 12.6. The van der Waals surface area contributed by atoms with E-state index in [1.165, 1.54) is 64.2 Å². The van der Waals surface area contributed by atoms with Gasteiger partial charge in [-0.1, -0.05) is 122 Å². The number of unbranched alkanes of at least 4 members (excludes halogenated alkanes) is 17. The quantitative estimate of drug-likeness (QED) is 0.0381. The molecule has 10 heteroatoms. The van der Waals surface area contributed by atoms with Crippen LogP contribution in [0.2, 0.25) is 0 Å². The first-order chi connectivity index (χ1) is 22.8. The van der Waals surface area contributed by atoms with E-state index in [9.17, 15) is 30.0 Å². The number of hydrogen-bond acceptors (Lipinski definition) is 10. The van der Waals surface area contributed by atoms with Crippen LogP contribution in [0.1, 0.15) is 155 Å². The van der Waals surface area contributed by atoms with Gasteiger partial charge in [0.05, 0.1) is 13.2 Å². The second kappa shape index (κ2) is 29.4. The molecule has 6 atom stereocenters. The Labute approximate surface area is 284 Å². The van der Waals surface area contributed by atoms with Crippen LogP contribution in [0.15, 0.2) is 12.2 Å². The number of carbonyl (C=O) groups excluding carboxylic acids is 2. The van der Waals surface area contributed by atoms with Crippen LogP contribution >= 0.6 is 0 Å². The number of esters is 2. The number of aliphatic hydroxyl groups excluding tert-OH is 4. The first-order valence-electron chi connectivity index (χ1n) is 18.8. The smallest absolute Gasteiger partial charge is 0.306 e. The number of allylic oxidation sites excluding steroid dienone is 2. The third-order valence-corrected chi connectivity index (χ3v) is 8.65. The van der Waals surface area contributed by atoms with Crippen LogP contribution < -0.4 is 0 Å². The third kappa shape index (κ3) is 21.9. The van der Waals surface area contributed by atoms with Crippen LogP contribution in [0.4, 0.5) is 0 Å². The van der Waals surface area contributed by atoms with Crippen molar-refractivity contribution in [2.24, 2.45) is 0 Å². The number of carbonyl (C=O) groups is 2. The normalized spacial score (nSPS) is 22.0. The van der Waals surface area contributed by atoms with E-state index in [0.29, 0.717) is 6.42 Å². The molecular formula is C37H68O10. The molecule has 0 spiro atoms. The Hall–Kier alpha value is -1.56. The Morgan fingerprint density at radius 2 is 1.15 bits per heavy atom. The highest BCUT2D eigenvalue weighted by molar-refractivity contribution is 5.70. The summed E-state index contributed by atoms with van der Waals surface area (Å²) in [5, 5.41) is 39.8. The van der Waals surface area contributed by atoms with Gasteiger partial charge >= 0.3 is 11.9 Å². The molecule has 0 amide bonds. The van der Waals surface area contributed by atoms with Crippen molar-refractivity contribution < 1.29 is 49.0 Å². The first kappa shape index (κ1) is 43.5. The SMILES string of the molecule is CCCC/C=C\CCCCCCCC(=O)OC(COC(=O)CCCCCCCCCCCCC)COC1OC(CO)C(O)C(O)C1O. The minimum absolute atomic E-state index is 0.216. The zero-order valence-electron chi connectivity index (χ0n) is 29.5. The van der Waals surface area contributed by atoms with E-state index in [4.69, 9.17) is 18.9 Å². The van der Waals surface area contributed by atoms with Gasteiger partial charge < -0.3 is 39.4 Å². The number of ether oxygens (including phenoxy) is 4. The highest BCUT2D eigenvalue weighted by Gasteiger charge is 2.44. The van der Waals surface area contributed by atoms with Gasteiger partial charge in [0.1, 0.15) is 31.0 Å². The predicted octanol–water partition coefficient (Wildman–Crippen LogP) is 6.44. The van der Waals surface area contributed by atoms with Crippen LogP contribution in [0.5, 0.6) is 0 Å². The molecule has 276 valence electrons. The highest BCUT2D eigenvalue weighted by Crippen LogP contribution is 2.22. The van der Waals surface area contributed by atoms with E-state index in [2.05, 4.69) is 26.0 Å². The lowest BCUT2D eigenvalue weighted by molar-refractivity contribution is -0.305. The van der Waals surface area contributed by atoms with Gasteiger partial charge in [0.25, 0.3) is 0 Å². The van der Waals surface area contributed by atoms with Gasteiger partial charge in [-0.05, 0) is 32.1 Å². The van der Waals surface area contributed by atoms with Crippen molar-refractivity contribution in [1.82, 2.24) is 0 Å². The lowest BCUT2D eigenvalue weighted by atomic mass is 9.99. The zero-order valence-corrected chi connectivity index (χ0v) is 29.5. The summed E-state index contributed by atoms with van der Waals surface area (Å²) in [6.07, 6.45) is 19.4. The molecule has 1 saturated heterocycles. The number of rotatable bonds is 30. The Balaban J connectivity index is 2.42. The summed E-state index contributed by atoms with van der Waals surface area (Å²) in [6.45, 7) is 3.34. The molecule has 4 N–H and O–H groups in total. The highest BCUT2D eigenvalue weighted by atomic mass is 16.7. The molecular weight excluding hydrogens is 604 g/mol. The lowest BCUT2D eigenvalue weighted by Gasteiger charge is -2.39. The van der Waals surface area contributed by atoms with Crippen molar-refractivity contribution in [3.05, 3.63) is 12.2 Å². The molecule has 0 aromatic rings. The maximum atomic E-state index is 12.6. The Morgan fingerprint density at radius 3 is 1.72 bits per heavy atom. The van der Waals surface area contributed by atoms with Gasteiger partial charge in [-0.3, -0.25) is 9.59 Å². The molecule has 10 nitrogen and oxygen atoms in total. The van der Waals surface area contributed by atoms with E-state index in [-0.39, 0.29) is 32.0 Å². The molecule has 0 saturated carbocycles. The average molecular weight is 673 g/mol. The molecule has 1 fully saturated rings. The monoisotopic (exact) mass is 672 g/mol. The zero-order chi connectivity index (χ0) is 34.5. The summed E-state index contributed by atoms with van der Waals surface area (Å²) in [7, 11) is 0. The van der Waals surface area contributed by atoms with E-state index >= 15 is 0 Å². The molecule has 1 aliphatic heterocycles. The summed E-state index contributed by atoms with van der Waals surface area (Å²) in [5.74, 6) is -0.817. The van der Waals surface area contributed by atoms with Crippen LogP contribution in [0.25, 0.3) is 0 Å². The Kier molecular flexibility index (Phi) is 27.2. The first-order valence-corrected chi connectivity index (χ1v) is 18.8. The summed E-state index contributed by atoms with van der Waals surface area (Å²) in [5.41, 5.74) is 0. The molecule has 0 radical (unpaired) electrons. The summed E-state index contributed by atoms with van der Waals surface area (Å²) in [4.78, 5) is 25.1. The number of aliphatic hydroxyl groups is 4. The topological polar surface area (TPSA) is 152 Å². The van der Waals surface area contributed by atoms with Gasteiger partial charge in [-0.25, -0.2) is 0 Å². The van der Waals surface area contributed by atoms with Crippen LogP contribution in [-0.4, -0.2) is 89.0 Å². The van der Waals surface area contributed by atoms with Crippen molar-refractivity contribution in [3.8, 4) is 0 Å². The molecule has 1 aliphatic rings. The minimum Gasteiger partial charge on any atom is -0.462 e. The third-order valence-electron chi connectivity index (χ3n) is 8.65. The van der Waals surface area contributed by atoms with E-state index < -0.39 is 49.4 Å². The summed E-state index contributed by atoms with van der Waals surface area (Å²) >= 11 is 0. The van der Waals surface area contributed by atoms with Gasteiger partial charge in [0.15, 0.2) is 12.4 Å². The Morgan fingerprint density at radius 1 is 0.638 bits per heavy atom. The van der Waals surface area contributed by atoms with E-state index in [0.717, 1.165) is 57.8 Å². The molecule has 1 rings (SSSR count). The van der Waals surface area contributed by atoms with Crippen LogP contribution in [0, 0.1) is 0 Å². The van der Waals surface area contributed by atoms with Gasteiger partial charge in [-0.15, -0.1) is 0 Å².